The molecular weight excluding hydrogens is 452 g/mol. The van der Waals surface area contributed by atoms with Crippen LogP contribution in [0.15, 0.2) is 53.5 Å². The number of aryl methyl sites for hydroxylation is 2. The lowest BCUT2D eigenvalue weighted by atomic mass is 10.0. The molecule has 35 heavy (non-hydrogen) atoms. The molecule has 0 fully saturated rings. The van der Waals surface area contributed by atoms with E-state index in [2.05, 4.69) is 10.3 Å². The number of fused-ring (bicyclic) bond motifs is 1. The number of halogens is 2. The van der Waals surface area contributed by atoms with Crippen LogP contribution >= 0.6 is 0 Å². The molecule has 0 spiro atoms. The molecule has 4 rings (SSSR count). The van der Waals surface area contributed by atoms with Crippen molar-refractivity contribution in [3.8, 4) is 0 Å². The van der Waals surface area contributed by atoms with Gasteiger partial charge in [-0.25, -0.2) is 8.78 Å². The molecule has 3 heterocycles. The molecule has 0 saturated carbocycles. The number of nitrogens with one attached hydrogen (secondary N) is 2. The number of carbonyl (C=O) groups excluding carboxylic acids is 1. The SMILES string of the molecule is Cc1cc(C)c(CNC(=O)c2cc3cccn3c(C(C)OCc3c(F)cccc3F)c2C)c(=O)[nH]1. The number of ether oxygens (including phenoxy) is 1. The van der Waals surface area contributed by atoms with Crippen LogP contribution in [-0.2, 0) is 17.9 Å². The number of pyridine rings is 2. The summed E-state index contributed by atoms with van der Waals surface area (Å²) >= 11 is 0. The van der Waals surface area contributed by atoms with Crippen molar-refractivity contribution < 1.29 is 18.3 Å². The van der Waals surface area contributed by atoms with Gasteiger partial charge in [0, 0.05) is 40.6 Å². The smallest absolute Gasteiger partial charge is 0.253 e. The molecule has 1 atom stereocenters. The van der Waals surface area contributed by atoms with E-state index in [4.69, 9.17) is 4.74 Å². The third kappa shape index (κ3) is 4.88. The molecule has 6 nitrogen and oxygen atoms in total. The van der Waals surface area contributed by atoms with Crippen LogP contribution in [0, 0.1) is 32.4 Å². The van der Waals surface area contributed by atoms with Gasteiger partial charge in [-0.15, -0.1) is 0 Å². The average Bonchev–Trinajstić information content (AvgIpc) is 3.25. The molecule has 8 heteroatoms. The summed E-state index contributed by atoms with van der Waals surface area (Å²) in [4.78, 5) is 28.2. The highest BCUT2D eigenvalue weighted by atomic mass is 19.1. The van der Waals surface area contributed by atoms with E-state index in [-0.39, 0.29) is 30.2 Å². The van der Waals surface area contributed by atoms with Gasteiger partial charge >= 0.3 is 0 Å². The number of aromatic amines is 1. The van der Waals surface area contributed by atoms with Crippen LogP contribution < -0.4 is 10.9 Å². The van der Waals surface area contributed by atoms with Gasteiger partial charge in [0.15, 0.2) is 0 Å². The summed E-state index contributed by atoms with van der Waals surface area (Å²) in [7, 11) is 0. The Kier molecular flexibility index (Phi) is 6.84. The number of H-pyrrole nitrogens is 1. The van der Waals surface area contributed by atoms with Crippen LogP contribution in [0.1, 0.15) is 57.0 Å². The van der Waals surface area contributed by atoms with Gasteiger partial charge in [-0.2, -0.15) is 0 Å². The Morgan fingerprint density at radius 3 is 2.49 bits per heavy atom. The van der Waals surface area contributed by atoms with Crippen molar-refractivity contribution in [3.05, 3.63) is 110 Å². The Labute approximate surface area is 201 Å². The first-order valence-electron chi connectivity index (χ1n) is 11.3. The number of aromatic nitrogens is 2. The van der Waals surface area contributed by atoms with Crippen molar-refractivity contribution in [2.45, 2.75) is 47.0 Å². The van der Waals surface area contributed by atoms with E-state index in [1.165, 1.54) is 18.2 Å². The van der Waals surface area contributed by atoms with Crippen molar-refractivity contribution >= 4 is 11.4 Å². The molecule has 182 valence electrons. The molecule has 1 unspecified atom stereocenters. The first-order chi connectivity index (χ1) is 16.7. The van der Waals surface area contributed by atoms with Crippen molar-refractivity contribution in [2.24, 2.45) is 0 Å². The van der Waals surface area contributed by atoms with Gasteiger partial charge in [-0.05, 0) is 75.2 Å². The largest absolute Gasteiger partial charge is 0.367 e. The van der Waals surface area contributed by atoms with E-state index >= 15 is 0 Å². The number of benzene rings is 1. The minimum absolute atomic E-state index is 0.0832. The van der Waals surface area contributed by atoms with Crippen LogP contribution in [0.4, 0.5) is 8.78 Å². The number of hydrogen-bond donors (Lipinski definition) is 2. The quantitative estimate of drug-likeness (QED) is 0.390. The molecule has 0 saturated heterocycles. The van der Waals surface area contributed by atoms with E-state index < -0.39 is 17.7 Å². The molecule has 0 bridgehead atoms. The van der Waals surface area contributed by atoms with Gasteiger partial charge in [0.2, 0.25) is 0 Å². The van der Waals surface area contributed by atoms with E-state index in [0.29, 0.717) is 22.4 Å². The summed E-state index contributed by atoms with van der Waals surface area (Å²) in [6.45, 7) is 7.04. The average molecular weight is 480 g/mol. The lowest BCUT2D eigenvalue weighted by Crippen LogP contribution is -2.29. The molecule has 0 aliphatic rings. The fourth-order valence-corrected chi connectivity index (χ4v) is 4.37. The van der Waals surface area contributed by atoms with E-state index in [1.54, 1.807) is 26.8 Å². The van der Waals surface area contributed by atoms with Gasteiger partial charge < -0.3 is 19.4 Å². The van der Waals surface area contributed by atoms with Crippen molar-refractivity contribution in [1.82, 2.24) is 14.7 Å². The standard InChI is InChI=1S/C27H27F2N3O3/c1-15-11-16(2)31-27(34)21(15)13-30-26(33)20-12-19-7-6-10-32(19)25(17(20)3)18(4)35-14-22-23(28)8-5-9-24(22)29/h5-12,18H,13-14H2,1-4H3,(H,30,33)(H,31,34). The normalized spacial score (nSPS) is 12.2. The first-order valence-corrected chi connectivity index (χ1v) is 11.3. The molecule has 1 aromatic carbocycles. The summed E-state index contributed by atoms with van der Waals surface area (Å²) < 4.78 is 35.9. The highest BCUT2D eigenvalue weighted by Crippen LogP contribution is 2.28. The molecule has 1 amide bonds. The highest BCUT2D eigenvalue weighted by Gasteiger charge is 2.21. The van der Waals surface area contributed by atoms with Crippen molar-refractivity contribution in [3.63, 3.8) is 0 Å². The molecule has 2 N–H and O–H groups in total. The zero-order valence-electron chi connectivity index (χ0n) is 20.0. The first kappa shape index (κ1) is 24.3. The van der Waals surface area contributed by atoms with E-state index in [1.807, 2.05) is 35.7 Å². The maximum absolute atomic E-state index is 14.1. The number of carbonyl (C=O) groups is 1. The molecule has 0 radical (unpaired) electrons. The second-order valence-electron chi connectivity index (χ2n) is 8.65. The third-order valence-corrected chi connectivity index (χ3v) is 6.21. The second-order valence-corrected chi connectivity index (χ2v) is 8.65. The van der Waals surface area contributed by atoms with Gasteiger partial charge in [0.1, 0.15) is 11.6 Å². The fourth-order valence-electron chi connectivity index (χ4n) is 4.37. The van der Waals surface area contributed by atoms with Crippen molar-refractivity contribution in [1.29, 1.82) is 0 Å². The predicted molar refractivity (Wildman–Crippen MR) is 129 cm³/mol. The van der Waals surface area contributed by atoms with Crippen LogP contribution in [0.2, 0.25) is 0 Å². The molecule has 4 aromatic rings. The summed E-state index contributed by atoms with van der Waals surface area (Å²) in [5.41, 5.74) is 4.24. The van der Waals surface area contributed by atoms with Gasteiger partial charge in [0.25, 0.3) is 11.5 Å². The van der Waals surface area contributed by atoms with Crippen LogP contribution in [0.5, 0.6) is 0 Å². The van der Waals surface area contributed by atoms with Gasteiger partial charge in [-0.3, -0.25) is 9.59 Å². The van der Waals surface area contributed by atoms with Gasteiger partial charge in [0.05, 0.1) is 18.4 Å². The molecule has 0 aliphatic heterocycles. The van der Waals surface area contributed by atoms with Crippen molar-refractivity contribution in [2.75, 3.05) is 0 Å². The summed E-state index contributed by atoms with van der Waals surface area (Å²) in [5, 5.41) is 2.84. The molecule has 3 aromatic heterocycles. The van der Waals surface area contributed by atoms with Crippen LogP contribution in [-0.4, -0.2) is 15.3 Å². The Morgan fingerprint density at radius 1 is 1.09 bits per heavy atom. The Balaban J connectivity index is 1.61. The number of amides is 1. The predicted octanol–water partition coefficient (Wildman–Crippen LogP) is 5.04. The summed E-state index contributed by atoms with van der Waals surface area (Å²) in [6.07, 6.45) is 1.27. The summed E-state index contributed by atoms with van der Waals surface area (Å²) in [5.74, 6) is -1.68. The zero-order valence-corrected chi connectivity index (χ0v) is 20.0. The minimum Gasteiger partial charge on any atom is -0.367 e. The Hall–Kier alpha value is -3.78. The number of hydrogen-bond acceptors (Lipinski definition) is 3. The van der Waals surface area contributed by atoms with Crippen LogP contribution in [0.25, 0.3) is 5.52 Å². The number of rotatable bonds is 7. The Bertz CT molecular complexity index is 1450. The second kappa shape index (κ2) is 9.84. The molecular formula is C27H27F2N3O3. The summed E-state index contributed by atoms with van der Waals surface area (Å²) in [6, 6.07) is 11.0. The van der Waals surface area contributed by atoms with E-state index in [0.717, 1.165) is 16.8 Å². The topological polar surface area (TPSA) is 75.6 Å². The maximum atomic E-state index is 14.1. The fraction of sp³-hybridized carbons (Fsp3) is 0.259. The lowest BCUT2D eigenvalue weighted by Gasteiger charge is -2.21. The monoisotopic (exact) mass is 479 g/mol. The molecule has 0 aliphatic carbocycles. The third-order valence-electron chi connectivity index (χ3n) is 6.21. The Morgan fingerprint density at radius 2 is 1.80 bits per heavy atom. The van der Waals surface area contributed by atoms with Gasteiger partial charge in [-0.1, -0.05) is 6.07 Å². The highest BCUT2D eigenvalue weighted by molar-refractivity contribution is 5.97. The van der Waals surface area contributed by atoms with E-state index in [9.17, 15) is 18.4 Å². The maximum Gasteiger partial charge on any atom is 0.253 e. The van der Waals surface area contributed by atoms with Crippen LogP contribution in [0.3, 0.4) is 0 Å². The zero-order chi connectivity index (χ0) is 25.3. The number of nitrogens with zero attached hydrogens (tertiary/aromatic N) is 1. The minimum atomic E-state index is -0.672. The lowest BCUT2D eigenvalue weighted by molar-refractivity contribution is 0.0451.